The molecule has 1 aromatic carbocycles. The molecule has 1 heterocycles. The molecule has 160 valence electrons. The zero-order valence-corrected chi connectivity index (χ0v) is 19.4. The second kappa shape index (κ2) is 10.3. The number of hydrogen-bond acceptors (Lipinski definition) is 8. The topological polar surface area (TPSA) is 98.7 Å². The van der Waals surface area contributed by atoms with E-state index in [1.54, 1.807) is 0 Å². The second-order valence-electron chi connectivity index (χ2n) is 6.54. The van der Waals surface area contributed by atoms with Crippen molar-refractivity contribution in [1.29, 1.82) is 0 Å². The fourth-order valence-electron chi connectivity index (χ4n) is 2.08. The molecule has 11 heteroatoms. The van der Waals surface area contributed by atoms with Crippen LogP contribution in [0.5, 0.6) is 5.75 Å². The van der Waals surface area contributed by atoms with E-state index in [1.165, 1.54) is 42.5 Å². The Bertz CT molecular complexity index is 965. The Hall–Kier alpha value is -1.82. The molecule has 0 atom stereocenters. The average Bonchev–Trinajstić information content (AvgIpc) is 3.11. The number of hydrogen-bond donors (Lipinski definition) is 0. The number of carbonyl (C=O) groups excluding carboxylic acids is 1. The van der Waals surface area contributed by atoms with Crippen molar-refractivity contribution < 1.29 is 22.7 Å². The summed E-state index contributed by atoms with van der Waals surface area (Å²) < 4.78 is 38.1. The van der Waals surface area contributed by atoms with Gasteiger partial charge in [0, 0.05) is 12.8 Å². The number of anilines is 1. The zero-order valence-electron chi connectivity index (χ0n) is 17.0. The predicted octanol–water partition coefficient (Wildman–Crippen LogP) is 3.09. The molecule has 0 amide bonds. The van der Waals surface area contributed by atoms with E-state index in [0.717, 1.165) is 9.31 Å². The number of ether oxygens (including phenoxy) is 2. The van der Waals surface area contributed by atoms with Gasteiger partial charge in [-0.05, 0) is 42.1 Å². The zero-order chi connectivity index (χ0) is 21.6. The Balaban J connectivity index is 2.33. The van der Waals surface area contributed by atoms with E-state index >= 15 is 0 Å². The van der Waals surface area contributed by atoms with Crippen LogP contribution in [0.25, 0.3) is 0 Å². The van der Waals surface area contributed by atoms with Crippen LogP contribution in [0.4, 0.5) is 5.13 Å². The summed E-state index contributed by atoms with van der Waals surface area (Å²) in [4.78, 5) is 11.1. The molecule has 0 saturated carbocycles. The number of carbonyl (C=O) groups is 1. The highest BCUT2D eigenvalue weighted by atomic mass is 32.2. The minimum atomic E-state index is -3.95. The highest BCUT2D eigenvalue weighted by molar-refractivity contribution is 8.13. The first-order valence-corrected chi connectivity index (χ1v) is 13.1. The van der Waals surface area contributed by atoms with Crippen molar-refractivity contribution in [2.75, 3.05) is 30.2 Å². The fourth-order valence-corrected chi connectivity index (χ4v) is 4.79. The van der Waals surface area contributed by atoms with Crippen LogP contribution in [-0.4, -0.2) is 55.8 Å². The van der Waals surface area contributed by atoms with Gasteiger partial charge in [-0.3, -0.25) is 4.79 Å². The van der Waals surface area contributed by atoms with Gasteiger partial charge in [0.15, 0.2) is 0 Å². The second-order valence-corrected chi connectivity index (χ2v) is 11.5. The normalized spacial score (nSPS) is 11.7. The predicted molar refractivity (Wildman–Crippen MR) is 118 cm³/mol. The van der Waals surface area contributed by atoms with E-state index in [4.69, 9.17) is 9.47 Å². The summed E-state index contributed by atoms with van der Waals surface area (Å²) in [5.74, 6) is -0.0807. The molecule has 0 spiro atoms. The van der Waals surface area contributed by atoms with E-state index in [2.05, 4.69) is 10.2 Å². The summed E-state index contributed by atoms with van der Waals surface area (Å²) in [5.41, 5.74) is 0. The van der Waals surface area contributed by atoms with Crippen molar-refractivity contribution in [3.63, 3.8) is 0 Å². The first-order chi connectivity index (χ1) is 13.6. The van der Waals surface area contributed by atoms with Gasteiger partial charge >= 0.3 is 5.97 Å². The van der Waals surface area contributed by atoms with Crippen LogP contribution >= 0.6 is 21.8 Å². The Kier molecular flexibility index (Phi) is 8.32. The van der Waals surface area contributed by atoms with Crippen molar-refractivity contribution in [3.8, 4) is 5.75 Å². The number of sulfonamides is 1. The molecule has 0 aliphatic carbocycles. The van der Waals surface area contributed by atoms with Crippen LogP contribution in [0, 0.1) is 0 Å². The van der Waals surface area contributed by atoms with Gasteiger partial charge in [-0.1, -0.05) is 25.2 Å². The van der Waals surface area contributed by atoms with Gasteiger partial charge in [0.25, 0.3) is 10.0 Å². The van der Waals surface area contributed by atoms with E-state index < -0.39 is 16.0 Å². The highest BCUT2D eigenvalue weighted by Gasteiger charge is 2.28. The van der Waals surface area contributed by atoms with Crippen LogP contribution in [0.1, 0.15) is 31.7 Å². The summed E-state index contributed by atoms with van der Waals surface area (Å²) in [5, 5.41) is 11.1. The lowest BCUT2D eigenvalue weighted by Gasteiger charge is -2.21. The number of aromatic nitrogens is 2. The first-order valence-electron chi connectivity index (χ1n) is 8.73. The number of nitrogens with zero attached hydrogens (tertiary/aromatic N) is 3. The number of esters is 1. The molecule has 2 rings (SSSR count). The van der Waals surface area contributed by atoms with Crippen molar-refractivity contribution in [3.05, 3.63) is 29.3 Å². The molecule has 0 aliphatic rings. The minimum Gasteiger partial charge on any atom is -0.427 e. The van der Waals surface area contributed by atoms with Gasteiger partial charge < -0.3 is 9.47 Å². The van der Waals surface area contributed by atoms with Crippen LogP contribution in [0.2, 0.25) is 0 Å². The molecular weight excluding hydrogens is 434 g/mol. The molecule has 0 fully saturated rings. The van der Waals surface area contributed by atoms with Crippen molar-refractivity contribution in [1.82, 2.24) is 10.2 Å². The lowest BCUT2D eigenvalue weighted by molar-refractivity contribution is -0.131. The average molecular weight is 460 g/mol. The van der Waals surface area contributed by atoms with E-state index in [1.807, 2.05) is 31.7 Å². The maximum absolute atomic E-state index is 13.2. The Labute approximate surface area is 177 Å². The van der Waals surface area contributed by atoms with Gasteiger partial charge in [-0.2, -0.15) is 10.5 Å². The molecular formula is C18H25N3O5S3. The van der Waals surface area contributed by atoms with Crippen LogP contribution in [-0.2, 0) is 19.6 Å². The quantitative estimate of drug-likeness (QED) is 0.187. The third-order valence-electron chi connectivity index (χ3n) is 3.54. The third-order valence-corrected chi connectivity index (χ3v) is 7.43. The molecule has 8 nitrogen and oxygen atoms in total. The molecule has 2 aromatic rings. The minimum absolute atomic E-state index is 0.0352. The molecule has 0 unspecified atom stereocenters. The van der Waals surface area contributed by atoms with E-state index in [0.29, 0.717) is 6.61 Å². The monoisotopic (exact) mass is 459 g/mol. The first kappa shape index (κ1) is 23.5. The van der Waals surface area contributed by atoms with Gasteiger partial charge in [-0.15, -0.1) is 10.2 Å². The summed E-state index contributed by atoms with van der Waals surface area (Å²) in [6.45, 7) is 5.34. The molecule has 0 bridgehead atoms. The summed E-state index contributed by atoms with van der Waals surface area (Å²) >= 11 is 1.21. The van der Waals surface area contributed by atoms with Crippen LogP contribution < -0.4 is 9.04 Å². The van der Waals surface area contributed by atoms with Gasteiger partial charge in [0.1, 0.15) is 17.5 Å². The van der Waals surface area contributed by atoms with Crippen LogP contribution in [0.15, 0.2) is 29.2 Å². The molecule has 0 saturated heterocycles. The maximum Gasteiger partial charge on any atom is 0.308 e. The largest absolute Gasteiger partial charge is 0.427 e. The van der Waals surface area contributed by atoms with E-state index in [9.17, 15) is 13.2 Å². The highest BCUT2D eigenvalue weighted by Crippen LogP contribution is 2.30. The van der Waals surface area contributed by atoms with Gasteiger partial charge in [-0.25, -0.2) is 12.7 Å². The fraction of sp³-hybridized carbons (Fsp3) is 0.444. The molecule has 0 aliphatic heterocycles. The number of benzene rings is 1. The molecule has 0 N–H and O–H groups in total. The lowest BCUT2D eigenvalue weighted by Crippen LogP contribution is -2.33. The maximum atomic E-state index is 13.2. The Morgan fingerprint density at radius 3 is 2.41 bits per heavy atom. The summed E-state index contributed by atoms with van der Waals surface area (Å²) in [6, 6.07) is 5.63. The Morgan fingerprint density at radius 1 is 1.24 bits per heavy atom. The van der Waals surface area contributed by atoms with E-state index in [-0.39, 0.29) is 38.9 Å². The van der Waals surface area contributed by atoms with Crippen molar-refractivity contribution in [2.45, 2.75) is 31.6 Å². The smallest absolute Gasteiger partial charge is 0.308 e. The summed E-state index contributed by atoms with van der Waals surface area (Å²) in [7, 11) is -3.87. The molecule has 1 aromatic heterocycles. The van der Waals surface area contributed by atoms with Gasteiger partial charge in [0.2, 0.25) is 5.13 Å². The standard InChI is InChI=1S/C18H25N3O5S3/c1-13(2)17-19-20-18(27-17)21(12-25-10-11-28(4)5)29(23,24)16-8-6-15(7-9-16)26-14(3)22/h6-9,11,13H,10,12H2,1-5H3. The Morgan fingerprint density at radius 2 is 1.90 bits per heavy atom. The molecule has 0 radical (unpaired) electrons. The number of rotatable bonds is 9. The molecule has 29 heavy (non-hydrogen) atoms. The third kappa shape index (κ3) is 6.59. The summed E-state index contributed by atoms with van der Waals surface area (Å²) in [6.07, 6.45) is 4.09. The van der Waals surface area contributed by atoms with Crippen molar-refractivity contribution >= 4 is 48.3 Å². The van der Waals surface area contributed by atoms with Crippen LogP contribution in [0.3, 0.4) is 0 Å². The van der Waals surface area contributed by atoms with Gasteiger partial charge in [0.05, 0.1) is 11.5 Å². The lowest BCUT2D eigenvalue weighted by atomic mass is 10.2. The van der Waals surface area contributed by atoms with Crippen molar-refractivity contribution in [2.24, 2.45) is 0 Å². The SMILES string of the molecule is CC(=O)Oc1ccc(S(=O)(=O)N(COCC=S(C)C)c2nnc(C(C)C)s2)cc1.